The molecule has 6 nitrogen and oxygen atoms in total. The molecule has 0 saturated carbocycles. The zero-order chi connectivity index (χ0) is 14.8. The summed E-state index contributed by atoms with van der Waals surface area (Å²) in [5.74, 6) is 0.202. The van der Waals surface area contributed by atoms with Crippen LogP contribution in [0.25, 0.3) is 0 Å². The van der Waals surface area contributed by atoms with Gasteiger partial charge in [-0.2, -0.15) is 0 Å². The van der Waals surface area contributed by atoms with Gasteiger partial charge in [-0.25, -0.2) is 13.1 Å². The minimum Gasteiger partial charge on any atom is -0.388 e. The Hall–Kier alpha value is -1.09. The second kappa shape index (κ2) is 6.13. The molecule has 0 amide bonds. The highest BCUT2D eigenvalue weighted by molar-refractivity contribution is 7.89. The summed E-state index contributed by atoms with van der Waals surface area (Å²) in [6.07, 6.45) is 2.20. The lowest BCUT2D eigenvalue weighted by Gasteiger charge is -2.14. The van der Waals surface area contributed by atoms with Crippen LogP contribution in [0.5, 0.6) is 0 Å². The van der Waals surface area contributed by atoms with E-state index in [9.17, 15) is 8.42 Å². The van der Waals surface area contributed by atoms with E-state index in [2.05, 4.69) is 9.71 Å². The number of hydrogen-bond acceptors (Lipinski definition) is 5. The van der Waals surface area contributed by atoms with Crippen LogP contribution >= 0.6 is 12.2 Å². The zero-order valence-corrected chi connectivity index (χ0v) is 12.7. The van der Waals surface area contributed by atoms with Gasteiger partial charge in [0.15, 0.2) is 0 Å². The number of thiocarbonyl (C=S) groups is 1. The number of nitrogens with one attached hydrogen (secondary N) is 1. The van der Waals surface area contributed by atoms with E-state index < -0.39 is 10.0 Å². The van der Waals surface area contributed by atoms with E-state index in [4.69, 9.17) is 22.7 Å². The molecule has 8 heteroatoms. The van der Waals surface area contributed by atoms with Crippen molar-refractivity contribution in [2.45, 2.75) is 24.3 Å². The number of pyridine rings is 1. The summed E-state index contributed by atoms with van der Waals surface area (Å²) in [5, 5.41) is 0. The molecule has 1 saturated heterocycles. The first kappa shape index (κ1) is 15.3. The largest absolute Gasteiger partial charge is 0.388 e. The van der Waals surface area contributed by atoms with Gasteiger partial charge in [0.05, 0.1) is 11.8 Å². The number of nitrogens with zero attached hydrogens (tertiary/aromatic N) is 1. The van der Waals surface area contributed by atoms with E-state index in [1.165, 1.54) is 18.3 Å². The fraction of sp³-hybridized carbons (Fsp3) is 0.500. The van der Waals surface area contributed by atoms with Gasteiger partial charge in [-0.1, -0.05) is 12.2 Å². The molecule has 1 aliphatic rings. The van der Waals surface area contributed by atoms with Gasteiger partial charge < -0.3 is 10.5 Å². The minimum atomic E-state index is -3.57. The molecule has 1 fully saturated rings. The molecule has 2 heterocycles. The Morgan fingerprint density at radius 3 is 2.85 bits per heavy atom. The third-order valence-corrected chi connectivity index (χ3v) is 4.99. The number of sulfonamides is 1. The molecule has 1 aromatic rings. The molecule has 1 aromatic heterocycles. The predicted molar refractivity (Wildman–Crippen MR) is 78.8 cm³/mol. The Balaban J connectivity index is 2.04. The monoisotopic (exact) mass is 315 g/mol. The van der Waals surface area contributed by atoms with Crippen molar-refractivity contribution in [1.82, 2.24) is 9.71 Å². The van der Waals surface area contributed by atoms with E-state index in [1.54, 1.807) is 0 Å². The highest BCUT2D eigenvalue weighted by Crippen LogP contribution is 2.20. The normalized spacial score (nSPS) is 22.9. The standard InChI is InChI=1S/C12H17N3O3S2/c1-8-9(4-5-18-8)6-15-20(16,17)10-2-3-11(12(13)19)14-7-10/h2-3,7-9,15H,4-6H2,1H3,(H2,13,19). The first-order chi connectivity index (χ1) is 9.40. The minimum absolute atomic E-state index is 0.0767. The molecule has 0 spiro atoms. The maximum atomic E-state index is 12.1. The average Bonchev–Trinajstić information content (AvgIpc) is 2.82. The van der Waals surface area contributed by atoms with Crippen molar-refractivity contribution in [2.75, 3.05) is 13.2 Å². The number of rotatable bonds is 5. The molecule has 2 unspecified atom stereocenters. The van der Waals surface area contributed by atoms with Gasteiger partial charge in [-0.05, 0) is 25.5 Å². The summed E-state index contributed by atoms with van der Waals surface area (Å²) in [7, 11) is -3.57. The van der Waals surface area contributed by atoms with Gasteiger partial charge in [-0.3, -0.25) is 4.98 Å². The van der Waals surface area contributed by atoms with Crippen molar-refractivity contribution in [2.24, 2.45) is 11.7 Å². The highest BCUT2D eigenvalue weighted by atomic mass is 32.2. The predicted octanol–water partition coefficient (Wildman–Crippen LogP) is 0.419. The summed E-state index contributed by atoms with van der Waals surface area (Å²) in [6.45, 7) is 2.99. The second-order valence-corrected chi connectivity index (χ2v) is 6.93. The van der Waals surface area contributed by atoms with Crippen LogP contribution in [0.4, 0.5) is 0 Å². The Morgan fingerprint density at radius 2 is 2.35 bits per heavy atom. The lowest BCUT2D eigenvalue weighted by atomic mass is 10.0. The fourth-order valence-corrected chi connectivity index (χ4v) is 3.19. The first-order valence-electron chi connectivity index (χ1n) is 6.27. The van der Waals surface area contributed by atoms with Crippen LogP contribution in [0, 0.1) is 5.92 Å². The Labute approximate surface area is 123 Å². The maximum absolute atomic E-state index is 12.1. The Morgan fingerprint density at radius 1 is 1.60 bits per heavy atom. The van der Waals surface area contributed by atoms with Gasteiger partial charge in [0.25, 0.3) is 0 Å². The lowest BCUT2D eigenvalue weighted by molar-refractivity contribution is 0.107. The SMILES string of the molecule is CC1OCCC1CNS(=O)(=O)c1ccc(C(N)=S)nc1. The molecule has 0 aliphatic carbocycles. The third kappa shape index (κ3) is 3.51. The molecular formula is C12H17N3O3S2. The van der Waals surface area contributed by atoms with E-state index in [1.807, 2.05) is 6.92 Å². The van der Waals surface area contributed by atoms with Crippen molar-refractivity contribution < 1.29 is 13.2 Å². The number of aromatic nitrogens is 1. The number of hydrogen-bond donors (Lipinski definition) is 2. The van der Waals surface area contributed by atoms with Gasteiger partial charge in [0, 0.05) is 25.3 Å². The van der Waals surface area contributed by atoms with Crippen LogP contribution in [0.15, 0.2) is 23.2 Å². The van der Waals surface area contributed by atoms with Crippen LogP contribution in [-0.4, -0.2) is 37.6 Å². The molecule has 2 atom stereocenters. The fourth-order valence-electron chi connectivity index (χ4n) is 2.03. The molecule has 0 aromatic carbocycles. The van der Waals surface area contributed by atoms with Gasteiger partial charge in [0.2, 0.25) is 10.0 Å². The van der Waals surface area contributed by atoms with Gasteiger partial charge in [-0.15, -0.1) is 0 Å². The quantitative estimate of drug-likeness (QED) is 0.765. The smallest absolute Gasteiger partial charge is 0.242 e. The topological polar surface area (TPSA) is 94.3 Å². The Bertz CT molecular complexity index is 586. The van der Waals surface area contributed by atoms with Gasteiger partial charge in [0.1, 0.15) is 9.88 Å². The molecule has 0 bridgehead atoms. The summed E-state index contributed by atoms with van der Waals surface area (Å²) < 4.78 is 32.2. The van der Waals surface area contributed by atoms with Crippen molar-refractivity contribution in [3.63, 3.8) is 0 Å². The summed E-state index contributed by atoms with van der Waals surface area (Å²) >= 11 is 4.77. The molecule has 2 rings (SSSR count). The Kier molecular flexibility index (Phi) is 4.69. The maximum Gasteiger partial charge on any atom is 0.242 e. The average molecular weight is 315 g/mol. The van der Waals surface area contributed by atoms with Crippen LogP contribution in [0.2, 0.25) is 0 Å². The molecule has 20 heavy (non-hydrogen) atoms. The summed E-state index contributed by atoms with van der Waals surface area (Å²) in [6, 6.07) is 2.94. The van der Waals surface area contributed by atoms with E-state index in [-0.39, 0.29) is 21.9 Å². The van der Waals surface area contributed by atoms with Crippen LogP contribution in [-0.2, 0) is 14.8 Å². The van der Waals surface area contributed by atoms with Crippen LogP contribution in [0.1, 0.15) is 19.0 Å². The zero-order valence-electron chi connectivity index (χ0n) is 11.1. The second-order valence-electron chi connectivity index (χ2n) is 4.72. The third-order valence-electron chi connectivity index (χ3n) is 3.37. The summed E-state index contributed by atoms with van der Waals surface area (Å²) in [4.78, 5) is 4.17. The molecule has 0 radical (unpaired) electrons. The molecule has 110 valence electrons. The highest BCUT2D eigenvalue weighted by Gasteiger charge is 2.26. The molecular weight excluding hydrogens is 298 g/mol. The van der Waals surface area contributed by atoms with Gasteiger partial charge >= 0.3 is 0 Å². The molecule has 1 aliphatic heterocycles. The van der Waals surface area contributed by atoms with E-state index in [0.29, 0.717) is 18.8 Å². The van der Waals surface area contributed by atoms with Crippen molar-refractivity contribution in [3.8, 4) is 0 Å². The number of nitrogens with two attached hydrogens (primary N) is 1. The van der Waals surface area contributed by atoms with Crippen molar-refractivity contribution >= 4 is 27.2 Å². The van der Waals surface area contributed by atoms with Crippen molar-refractivity contribution in [3.05, 3.63) is 24.0 Å². The van der Waals surface area contributed by atoms with E-state index >= 15 is 0 Å². The van der Waals surface area contributed by atoms with Crippen molar-refractivity contribution in [1.29, 1.82) is 0 Å². The van der Waals surface area contributed by atoms with Crippen LogP contribution < -0.4 is 10.5 Å². The number of ether oxygens (including phenoxy) is 1. The lowest BCUT2D eigenvalue weighted by Crippen LogP contribution is -2.32. The summed E-state index contributed by atoms with van der Waals surface area (Å²) in [5.41, 5.74) is 5.82. The molecule has 3 N–H and O–H groups in total. The van der Waals surface area contributed by atoms with Crippen LogP contribution in [0.3, 0.4) is 0 Å². The first-order valence-corrected chi connectivity index (χ1v) is 8.16. The van der Waals surface area contributed by atoms with E-state index in [0.717, 1.165) is 6.42 Å².